The van der Waals surface area contributed by atoms with Crippen molar-refractivity contribution in [3.8, 4) is 0 Å². The van der Waals surface area contributed by atoms with Crippen molar-refractivity contribution in [2.45, 2.75) is 32.1 Å². The van der Waals surface area contributed by atoms with E-state index in [1.54, 1.807) is 0 Å². The van der Waals surface area contributed by atoms with Crippen molar-refractivity contribution in [1.29, 1.82) is 0 Å². The maximum Gasteiger partial charge on any atom is 0.292 e. The average Bonchev–Trinajstić information content (AvgIpc) is 3.23. The topological polar surface area (TPSA) is 73.0 Å². The first kappa shape index (κ1) is 18.9. The molecule has 27 heavy (non-hydrogen) atoms. The second-order valence-corrected chi connectivity index (χ2v) is 8.51. The molecule has 3 aliphatic rings. The van der Waals surface area contributed by atoms with Gasteiger partial charge in [-0.05, 0) is 58.2 Å². The van der Waals surface area contributed by atoms with Gasteiger partial charge in [0, 0.05) is 50.8 Å². The van der Waals surface area contributed by atoms with Gasteiger partial charge in [-0.25, -0.2) is 0 Å². The van der Waals surface area contributed by atoms with Crippen molar-refractivity contribution in [2.24, 2.45) is 11.8 Å². The van der Waals surface area contributed by atoms with Gasteiger partial charge < -0.3 is 24.3 Å². The summed E-state index contributed by atoms with van der Waals surface area (Å²) in [6.45, 7) is 6.80. The molecule has 1 aromatic heterocycles. The molecular formula is C20H32N4O3. The fraction of sp³-hybridized carbons (Fsp3) is 0.800. The van der Waals surface area contributed by atoms with Crippen LogP contribution in [0, 0.1) is 11.8 Å². The first-order valence-electron chi connectivity index (χ1n) is 10.4. The number of carbonyl (C=O) groups excluding carboxylic acids is 1. The Morgan fingerprint density at radius 2 is 1.93 bits per heavy atom. The standard InChI is InChI=1S/C20H32N4O3/c1-22-7-4-8-23(10-9-22)11-15-12-24(13-16(15)14-25)20(26)19-17-5-2-3-6-18(17)21-27-19/h15-16,25H,2-14H2,1H3/t15-,16-/m1/s1. The molecule has 0 spiro atoms. The number of aliphatic hydroxyl groups is 1. The highest BCUT2D eigenvalue weighted by Gasteiger charge is 2.38. The number of likely N-dealkylation sites (N-methyl/N-ethyl adjacent to an activating group) is 1. The summed E-state index contributed by atoms with van der Waals surface area (Å²) < 4.78 is 5.45. The SMILES string of the molecule is CN1CCCN(C[C@@H]2CN(C(=O)c3onc4c3CCCC4)C[C@@H]2CO)CC1. The number of aromatic nitrogens is 1. The summed E-state index contributed by atoms with van der Waals surface area (Å²) in [6.07, 6.45) is 5.20. The third-order valence-electron chi connectivity index (χ3n) is 6.56. The number of hydrogen-bond acceptors (Lipinski definition) is 6. The normalized spacial score (nSPS) is 27.6. The Morgan fingerprint density at radius 1 is 1.11 bits per heavy atom. The molecule has 0 radical (unpaired) electrons. The lowest BCUT2D eigenvalue weighted by Crippen LogP contribution is -2.36. The van der Waals surface area contributed by atoms with Crippen LogP contribution in [0.1, 0.15) is 41.1 Å². The molecule has 2 aliphatic heterocycles. The highest BCUT2D eigenvalue weighted by atomic mass is 16.5. The molecule has 1 amide bonds. The zero-order valence-corrected chi connectivity index (χ0v) is 16.4. The molecule has 2 fully saturated rings. The molecule has 0 unspecified atom stereocenters. The summed E-state index contributed by atoms with van der Waals surface area (Å²) in [7, 11) is 2.17. The number of rotatable bonds is 4. The first-order chi connectivity index (χ1) is 13.2. The number of fused-ring (bicyclic) bond motifs is 1. The van der Waals surface area contributed by atoms with E-state index in [-0.39, 0.29) is 18.4 Å². The minimum Gasteiger partial charge on any atom is -0.396 e. The molecule has 0 bridgehead atoms. The number of hydrogen-bond donors (Lipinski definition) is 1. The maximum absolute atomic E-state index is 13.1. The van der Waals surface area contributed by atoms with E-state index in [4.69, 9.17) is 4.52 Å². The van der Waals surface area contributed by atoms with E-state index in [1.807, 2.05) is 4.90 Å². The van der Waals surface area contributed by atoms with E-state index in [0.29, 0.717) is 24.8 Å². The summed E-state index contributed by atoms with van der Waals surface area (Å²) in [4.78, 5) is 19.8. The lowest BCUT2D eigenvalue weighted by molar-refractivity contribution is 0.0736. The van der Waals surface area contributed by atoms with Crippen LogP contribution in [0.3, 0.4) is 0 Å². The summed E-state index contributed by atoms with van der Waals surface area (Å²) in [6, 6.07) is 0. The zero-order valence-electron chi connectivity index (χ0n) is 16.4. The Hall–Kier alpha value is -1.44. The van der Waals surface area contributed by atoms with Crippen molar-refractivity contribution in [3.63, 3.8) is 0 Å². The van der Waals surface area contributed by atoms with Crippen LogP contribution in [-0.2, 0) is 12.8 Å². The molecule has 1 aliphatic carbocycles. The molecule has 1 aromatic rings. The van der Waals surface area contributed by atoms with Crippen LogP contribution in [0.25, 0.3) is 0 Å². The summed E-state index contributed by atoms with van der Waals surface area (Å²) in [5.74, 6) is 0.871. The van der Waals surface area contributed by atoms with E-state index in [0.717, 1.165) is 69.7 Å². The third-order valence-corrected chi connectivity index (χ3v) is 6.56. The van der Waals surface area contributed by atoms with Crippen LogP contribution in [0.4, 0.5) is 0 Å². The molecule has 1 N–H and O–H groups in total. The molecule has 0 saturated carbocycles. The van der Waals surface area contributed by atoms with Gasteiger partial charge in [-0.1, -0.05) is 5.16 Å². The Bertz CT molecular complexity index is 662. The Kier molecular flexibility index (Phi) is 5.80. The number of amides is 1. The van der Waals surface area contributed by atoms with Crippen molar-refractivity contribution in [3.05, 3.63) is 17.0 Å². The molecular weight excluding hydrogens is 344 g/mol. The molecule has 7 nitrogen and oxygen atoms in total. The third kappa shape index (κ3) is 4.05. The second kappa shape index (κ2) is 8.29. The van der Waals surface area contributed by atoms with Crippen LogP contribution in [0.2, 0.25) is 0 Å². The van der Waals surface area contributed by atoms with Crippen LogP contribution >= 0.6 is 0 Å². The molecule has 150 valence electrons. The van der Waals surface area contributed by atoms with E-state index < -0.39 is 0 Å². The van der Waals surface area contributed by atoms with Crippen molar-refractivity contribution in [2.75, 3.05) is 59.5 Å². The van der Waals surface area contributed by atoms with Crippen molar-refractivity contribution < 1.29 is 14.4 Å². The maximum atomic E-state index is 13.1. The summed E-state index contributed by atoms with van der Waals surface area (Å²) in [5.41, 5.74) is 1.98. The van der Waals surface area contributed by atoms with E-state index in [1.165, 1.54) is 6.42 Å². The number of aliphatic hydroxyl groups excluding tert-OH is 1. The van der Waals surface area contributed by atoms with Gasteiger partial charge >= 0.3 is 0 Å². The van der Waals surface area contributed by atoms with Crippen LogP contribution in [0.15, 0.2) is 4.52 Å². The van der Waals surface area contributed by atoms with Gasteiger partial charge in [0.25, 0.3) is 5.91 Å². The van der Waals surface area contributed by atoms with Gasteiger partial charge in [0.05, 0.1) is 5.69 Å². The van der Waals surface area contributed by atoms with Gasteiger partial charge in [0.1, 0.15) is 0 Å². The van der Waals surface area contributed by atoms with E-state index in [2.05, 4.69) is 22.0 Å². The lowest BCUT2D eigenvalue weighted by Gasteiger charge is -2.26. The number of carbonyl (C=O) groups is 1. The number of aryl methyl sites for hydroxylation is 1. The van der Waals surface area contributed by atoms with Gasteiger partial charge in [-0.2, -0.15) is 0 Å². The highest BCUT2D eigenvalue weighted by Crippen LogP contribution is 2.29. The first-order valence-corrected chi connectivity index (χ1v) is 10.4. The van der Waals surface area contributed by atoms with Crippen LogP contribution in [-0.4, -0.2) is 90.3 Å². The largest absolute Gasteiger partial charge is 0.396 e. The molecule has 3 heterocycles. The smallest absolute Gasteiger partial charge is 0.292 e. The molecule has 7 heteroatoms. The predicted molar refractivity (Wildman–Crippen MR) is 102 cm³/mol. The highest BCUT2D eigenvalue weighted by molar-refractivity contribution is 5.93. The van der Waals surface area contributed by atoms with Gasteiger partial charge in [-0.15, -0.1) is 0 Å². The van der Waals surface area contributed by atoms with Gasteiger partial charge in [-0.3, -0.25) is 4.79 Å². The zero-order chi connectivity index (χ0) is 18.8. The molecule has 0 aromatic carbocycles. The van der Waals surface area contributed by atoms with E-state index >= 15 is 0 Å². The minimum atomic E-state index is -0.0396. The predicted octanol–water partition coefficient (Wildman–Crippen LogP) is 0.871. The van der Waals surface area contributed by atoms with Gasteiger partial charge in [0.2, 0.25) is 5.76 Å². The fourth-order valence-corrected chi connectivity index (χ4v) is 4.83. The second-order valence-electron chi connectivity index (χ2n) is 8.51. The van der Waals surface area contributed by atoms with Crippen LogP contribution < -0.4 is 0 Å². The minimum absolute atomic E-state index is 0.0396. The van der Waals surface area contributed by atoms with Crippen molar-refractivity contribution in [1.82, 2.24) is 19.9 Å². The van der Waals surface area contributed by atoms with Crippen LogP contribution in [0.5, 0.6) is 0 Å². The summed E-state index contributed by atoms with van der Waals surface area (Å²) in [5, 5.41) is 14.0. The van der Waals surface area contributed by atoms with Gasteiger partial charge in [0.15, 0.2) is 0 Å². The molecule has 2 saturated heterocycles. The van der Waals surface area contributed by atoms with Crippen molar-refractivity contribution >= 4 is 5.91 Å². The Labute approximate surface area is 161 Å². The number of nitrogens with zero attached hydrogens (tertiary/aromatic N) is 4. The summed E-state index contributed by atoms with van der Waals surface area (Å²) >= 11 is 0. The monoisotopic (exact) mass is 376 g/mol. The Morgan fingerprint density at radius 3 is 2.78 bits per heavy atom. The Balaban J connectivity index is 1.41. The van der Waals surface area contributed by atoms with E-state index in [9.17, 15) is 9.90 Å². The average molecular weight is 377 g/mol. The lowest BCUT2D eigenvalue weighted by atomic mass is 9.96. The fourth-order valence-electron chi connectivity index (χ4n) is 4.83. The quantitative estimate of drug-likeness (QED) is 0.841. The molecule has 4 rings (SSSR count). The molecule has 2 atom stereocenters. The number of likely N-dealkylation sites (tertiary alicyclic amines) is 1.